The first-order valence-corrected chi connectivity index (χ1v) is 6.65. The Balaban J connectivity index is 1.89. The summed E-state index contributed by atoms with van der Waals surface area (Å²) in [7, 11) is 2.12. The molecule has 2 heterocycles. The molecule has 3 nitrogen and oxygen atoms in total. The molecule has 3 N–H and O–H groups in total. The third-order valence-electron chi connectivity index (χ3n) is 4.66. The Labute approximate surface area is 106 Å². The van der Waals surface area contributed by atoms with E-state index in [1.54, 1.807) is 0 Å². The summed E-state index contributed by atoms with van der Waals surface area (Å²) in [5.41, 5.74) is 2.61. The van der Waals surface area contributed by atoms with Gasteiger partial charge in [-0.25, -0.2) is 0 Å². The van der Waals surface area contributed by atoms with Crippen molar-refractivity contribution in [3.63, 3.8) is 0 Å². The standard InChI is InChI=1S/C12H22F3N3/c1-18-9-2-3-10(18)7-8(6-9)11(17-16)4-5-12(13,14)15/h8-11,17H,2-7,16H2,1H3. The zero-order valence-electron chi connectivity index (χ0n) is 10.7. The van der Waals surface area contributed by atoms with Crippen molar-refractivity contribution in [2.24, 2.45) is 11.8 Å². The Bertz CT molecular complexity index is 268. The maximum atomic E-state index is 12.3. The van der Waals surface area contributed by atoms with Crippen molar-refractivity contribution < 1.29 is 13.2 Å². The van der Waals surface area contributed by atoms with Gasteiger partial charge in [-0.05, 0) is 45.1 Å². The van der Waals surface area contributed by atoms with Gasteiger partial charge in [0, 0.05) is 24.5 Å². The monoisotopic (exact) mass is 265 g/mol. The van der Waals surface area contributed by atoms with Crippen LogP contribution in [0.15, 0.2) is 0 Å². The molecule has 0 aromatic rings. The van der Waals surface area contributed by atoms with Crippen molar-refractivity contribution in [3.8, 4) is 0 Å². The normalized spacial score (nSPS) is 34.8. The van der Waals surface area contributed by atoms with E-state index in [0.29, 0.717) is 12.1 Å². The van der Waals surface area contributed by atoms with E-state index >= 15 is 0 Å². The Morgan fingerprint density at radius 1 is 1.28 bits per heavy atom. The summed E-state index contributed by atoms with van der Waals surface area (Å²) < 4.78 is 36.8. The van der Waals surface area contributed by atoms with Gasteiger partial charge in [-0.15, -0.1) is 0 Å². The van der Waals surface area contributed by atoms with Crippen molar-refractivity contribution in [1.29, 1.82) is 0 Å². The third kappa shape index (κ3) is 3.16. The number of rotatable bonds is 4. The Kier molecular flexibility index (Phi) is 4.18. The third-order valence-corrected chi connectivity index (χ3v) is 4.66. The minimum atomic E-state index is -4.08. The van der Waals surface area contributed by atoms with E-state index in [1.807, 2.05) is 0 Å². The fourth-order valence-corrected chi connectivity index (χ4v) is 3.56. The molecule has 2 aliphatic heterocycles. The summed E-state index contributed by atoms with van der Waals surface area (Å²) in [6, 6.07) is 0.870. The Morgan fingerprint density at radius 2 is 1.83 bits per heavy atom. The fraction of sp³-hybridized carbons (Fsp3) is 1.00. The lowest BCUT2D eigenvalue weighted by molar-refractivity contribution is -0.137. The fourth-order valence-electron chi connectivity index (χ4n) is 3.56. The summed E-state index contributed by atoms with van der Waals surface area (Å²) >= 11 is 0. The first-order valence-electron chi connectivity index (χ1n) is 6.65. The molecule has 0 radical (unpaired) electrons. The molecule has 3 unspecified atom stereocenters. The van der Waals surface area contributed by atoms with Gasteiger partial charge in [-0.3, -0.25) is 11.3 Å². The van der Waals surface area contributed by atoms with Gasteiger partial charge in [0.05, 0.1) is 0 Å². The Hall–Kier alpha value is -0.330. The maximum absolute atomic E-state index is 12.3. The average Bonchev–Trinajstić information content (AvgIpc) is 2.52. The number of fused-ring (bicyclic) bond motifs is 2. The van der Waals surface area contributed by atoms with Gasteiger partial charge >= 0.3 is 6.18 Å². The van der Waals surface area contributed by atoms with Crippen LogP contribution in [0, 0.1) is 5.92 Å². The summed E-state index contributed by atoms with van der Waals surface area (Å²) in [4.78, 5) is 2.38. The second kappa shape index (κ2) is 5.35. The van der Waals surface area contributed by atoms with Crippen molar-refractivity contribution in [2.45, 2.75) is 62.8 Å². The molecule has 6 heteroatoms. The van der Waals surface area contributed by atoms with Crippen LogP contribution in [0.4, 0.5) is 13.2 Å². The smallest absolute Gasteiger partial charge is 0.300 e. The van der Waals surface area contributed by atoms with Crippen molar-refractivity contribution in [2.75, 3.05) is 7.05 Å². The largest absolute Gasteiger partial charge is 0.389 e. The number of hydrogen-bond donors (Lipinski definition) is 2. The van der Waals surface area contributed by atoms with Crippen molar-refractivity contribution >= 4 is 0 Å². The highest BCUT2D eigenvalue weighted by molar-refractivity contribution is 4.96. The molecule has 3 atom stereocenters. The summed E-state index contributed by atoms with van der Waals surface area (Å²) in [6.45, 7) is 0. The van der Waals surface area contributed by atoms with Crippen LogP contribution in [0.3, 0.4) is 0 Å². The highest BCUT2D eigenvalue weighted by atomic mass is 19.4. The lowest BCUT2D eigenvalue weighted by Gasteiger charge is -2.39. The van der Waals surface area contributed by atoms with Crippen LogP contribution in [0.2, 0.25) is 0 Å². The van der Waals surface area contributed by atoms with Gasteiger partial charge in [0.2, 0.25) is 0 Å². The molecule has 0 amide bonds. The van der Waals surface area contributed by atoms with Crippen LogP contribution >= 0.6 is 0 Å². The van der Waals surface area contributed by atoms with E-state index < -0.39 is 12.6 Å². The average molecular weight is 265 g/mol. The van der Waals surface area contributed by atoms with Gasteiger partial charge in [0.25, 0.3) is 0 Å². The summed E-state index contributed by atoms with van der Waals surface area (Å²) in [5.74, 6) is 5.73. The maximum Gasteiger partial charge on any atom is 0.389 e. The van der Waals surface area contributed by atoms with E-state index in [4.69, 9.17) is 5.84 Å². The number of nitrogens with zero attached hydrogens (tertiary/aromatic N) is 1. The molecular weight excluding hydrogens is 243 g/mol. The summed E-state index contributed by atoms with van der Waals surface area (Å²) in [5, 5.41) is 0. The van der Waals surface area contributed by atoms with E-state index in [9.17, 15) is 13.2 Å². The highest BCUT2D eigenvalue weighted by Gasteiger charge is 2.41. The van der Waals surface area contributed by atoms with Crippen LogP contribution in [0.25, 0.3) is 0 Å². The Morgan fingerprint density at radius 3 is 2.28 bits per heavy atom. The molecule has 106 valence electrons. The predicted octanol–water partition coefficient (Wildman–Crippen LogP) is 2.03. The molecule has 0 spiro atoms. The number of alkyl halides is 3. The van der Waals surface area contributed by atoms with Gasteiger partial charge in [0.1, 0.15) is 0 Å². The van der Waals surface area contributed by atoms with E-state index in [2.05, 4.69) is 17.4 Å². The first-order chi connectivity index (χ1) is 8.40. The molecule has 2 bridgehead atoms. The minimum Gasteiger partial charge on any atom is -0.300 e. The quantitative estimate of drug-likeness (QED) is 0.603. The molecule has 2 rings (SSSR count). The minimum absolute atomic E-state index is 0.0911. The van der Waals surface area contributed by atoms with Crippen molar-refractivity contribution in [3.05, 3.63) is 0 Å². The van der Waals surface area contributed by atoms with Gasteiger partial charge in [0.15, 0.2) is 0 Å². The summed E-state index contributed by atoms with van der Waals surface area (Å²) in [6.07, 6.45) is -0.446. The zero-order valence-corrected chi connectivity index (χ0v) is 10.7. The molecule has 0 aromatic carbocycles. The number of hydrazine groups is 1. The molecule has 2 saturated heterocycles. The van der Waals surface area contributed by atoms with Crippen LogP contribution in [-0.4, -0.2) is 36.2 Å². The van der Waals surface area contributed by atoms with Gasteiger partial charge in [-0.1, -0.05) is 0 Å². The predicted molar refractivity (Wildman–Crippen MR) is 63.7 cm³/mol. The molecule has 18 heavy (non-hydrogen) atoms. The van der Waals surface area contributed by atoms with Crippen LogP contribution < -0.4 is 11.3 Å². The van der Waals surface area contributed by atoms with Crippen molar-refractivity contribution in [1.82, 2.24) is 10.3 Å². The van der Waals surface area contributed by atoms with Gasteiger partial charge < -0.3 is 4.90 Å². The number of piperidine rings is 1. The molecular formula is C12H22F3N3. The molecule has 0 aliphatic carbocycles. The lowest BCUT2D eigenvalue weighted by Crippen LogP contribution is -2.49. The molecule has 2 fully saturated rings. The van der Waals surface area contributed by atoms with Crippen LogP contribution in [0.5, 0.6) is 0 Å². The molecule has 2 aliphatic rings. The number of nitrogens with two attached hydrogens (primary N) is 1. The molecule has 0 saturated carbocycles. The van der Waals surface area contributed by atoms with E-state index in [-0.39, 0.29) is 18.4 Å². The zero-order chi connectivity index (χ0) is 13.3. The molecule has 0 aromatic heterocycles. The second-order valence-corrected chi connectivity index (χ2v) is 5.71. The van der Waals surface area contributed by atoms with E-state index in [0.717, 1.165) is 12.8 Å². The number of nitrogens with one attached hydrogen (secondary N) is 1. The van der Waals surface area contributed by atoms with Gasteiger partial charge in [-0.2, -0.15) is 13.2 Å². The van der Waals surface area contributed by atoms with E-state index in [1.165, 1.54) is 12.8 Å². The van der Waals surface area contributed by atoms with Crippen LogP contribution in [0.1, 0.15) is 38.5 Å². The highest BCUT2D eigenvalue weighted by Crippen LogP contribution is 2.39. The topological polar surface area (TPSA) is 41.3 Å². The SMILES string of the molecule is CN1C2CCC1CC(C(CCC(F)(F)F)NN)C2. The lowest BCUT2D eigenvalue weighted by atomic mass is 9.83. The van der Waals surface area contributed by atoms with Crippen LogP contribution in [-0.2, 0) is 0 Å². The number of halogens is 3. The first kappa shape index (κ1) is 14.1. The number of hydrogen-bond acceptors (Lipinski definition) is 3. The second-order valence-electron chi connectivity index (χ2n) is 5.71.